The number of carbonyl (C=O) groups excluding carboxylic acids is 1. The summed E-state index contributed by atoms with van der Waals surface area (Å²) >= 11 is 0. The summed E-state index contributed by atoms with van der Waals surface area (Å²) in [6, 6.07) is 10.1. The van der Waals surface area contributed by atoms with Crippen molar-refractivity contribution in [3.63, 3.8) is 0 Å². The summed E-state index contributed by atoms with van der Waals surface area (Å²) in [5.74, 6) is 0.924. The fraction of sp³-hybridized carbons (Fsp3) is 0.393. The highest BCUT2D eigenvalue weighted by atomic mass is 28.3. The van der Waals surface area contributed by atoms with Gasteiger partial charge in [0.1, 0.15) is 28.6 Å². The van der Waals surface area contributed by atoms with Crippen LogP contribution in [0.3, 0.4) is 0 Å². The van der Waals surface area contributed by atoms with Crippen molar-refractivity contribution in [1.82, 2.24) is 0 Å². The molecule has 0 saturated carbocycles. The highest BCUT2D eigenvalue weighted by molar-refractivity contribution is 6.76. The summed E-state index contributed by atoms with van der Waals surface area (Å²) in [5.41, 5.74) is 2.57. The number of methoxy groups -OCH3 is 2. The number of phenolic OH excluding ortho intramolecular Hbond substituents is 1. The zero-order chi connectivity index (χ0) is 26.0. The molecule has 0 unspecified atom stereocenters. The Bertz CT molecular complexity index is 1040. The van der Waals surface area contributed by atoms with Crippen LogP contribution in [0.2, 0.25) is 25.7 Å². The molecule has 0 aliphatic carbocycles. The van der Waals surface area contributed by atoms with Gasteiger partial charge in [-0.05, 0) is 50.1 Å². The molecule has 2 aromatic carbocycles. The summed E-state index contributed by atoms with van der Waals surface area (Å²) in [4.78, 5) is 13.0. The van der Waals surface area contributed by atoms with Crippen molar-refractivity contribution in [2.45, 2.75) is 46.0 Å². The van der Waals surface area contributed by atoms with Gasteiger partial charge >= 0.3 is 0 Å². The smallest absolute Gasteiger partial charge is 0.193 e. The van der Waals surface area contributed by atoms with Gasteiger partial charge in [0.2, 0.25) is 0 Å². The maximum atomic E-state index is 13.0. The number of ketones is 1. The quantitative estimate of drug-likeness (QED) is 0.0848. The second kappa shape index (κ2) is 13.2. The third-order valence-electron chi connectivity index (χ3n) is 5.34. The molecule has 2 aromatic rings. The Morgan fingerprint density at radius 2 is 1.69 bits per heavy atom. The van der Waals surface area contributed by atoms with Crippen molar-refractivity contribution in [2.24, 2.45) is 0 Å². The van der Waals surface area contributed by atoms with Gasteiger partial charge in [0, 0.05) is 26.3 Å². The fourth-order valence-electron chi connectivity index (χ4n) is 3.22. The van der Waals surface area contributed by atoms with Crippen molar-refractivity contribution in [3.05, 3.63) is 64.7 Å². The first-order valence-electron chi connectivity index (χ1n) is 11.7. The van der Waals surface area contributed by atoms with E-state index in [4.69, 9.17) is 18.9 Å². The van der Waals surface area contributed by atoms with Gasteiger partial charge in [0.05, 0.1) is 14.2 Å². The molecule has 0 bridgehead atoms. The summed E-state index contributed by atoms with van der Waals surface area (Å²) in [6.45, 7) is 11.8. The predicted octanol–water partition coefficient (Wildman–Crippen LogP) is 6.51. The van der Waals surface area contributed by atoms with E-state index in [1.165, 1.54) is 20.3 Å². The molecule has 0 saturated heterocycles. The lowest BCUT2D eigenvalue weighted by Gasteiger charge is -2.15. The van der Waals surface area contributed by atoms with Crippen LogP contribution < -0.4 is 14.2 Å². The maximum absolute atomic E-state index is 13.0. The lowest BCUT2D eigenvalue weighted by molar-refractivity contribution is 0.0220. The van der Waals surface area contributed by atoms with Crippen molar-refractivity contribution >= 4 is 19.9 Å². The average Bonchev–Trinajstić information content (AvgIpc) is 2.80. The Morgan fingerprint density at radius 3 is 2.26 bits per heavy atom. The first-order valence-corrected chi connectivity index (χ1v) is 15.4. The van der Waals surface area contributed by atoms with Gasteiger partial charge in [-0.25, -0.2) is 0 Å². The third kappa shape index (κ3) is 8.92. The standard InChI is InChI=1S/C28H38O6Si/c1-20(2)8-14-23-25(31-3)18-26(32-4)27(28(23)30)24(29)15-11-21-9-12-22(13-10-21)34-19-33-16-17-35(5,6)7/h8-13,15,18,30H,14,16-17,19H2,1-7H3/b15-11+. The molecule has 0 atom stereocenters. The highest BCUT2D eigenvalue weighted by Crippen LogP contribution is 2.39. The van der Waals surface area contributed by atoms with E-state index in [1.807, 2.05) is 44.2 Å². The van der Waals surface area contributed by atoms with Crippen LogP contribution in [-0.4, -0.2) is 46.6 Å². The molecule has 0 fully saturated rings. The molecule has 6 nitrogen and oxygen atoms in total. The molecular formula is C28H38O6Si. The Balaban J connectivity index is 2.11. The SMILES string of the molecule is COc1cc(OC)c(C(=O)/C=C/c2ccc(OCOCC[Si](C)(C)C)cc2)c(O)c1CC=C(C)C. The number of ether oxygens (including phenoxy) is 4. The van der Waals surface area contributed by atoms with E-state index in [0.717, 1.165) is 17.2 Å². The number of hydrogen-bond donors (Lipinski definition) is 1. The molecule has 2 rings (SSSR count). The number of phenols is 1. The van der Waals surface area contributed by atoms with Crippen molar-refractivity contribution in [2.75, 3.05) is 27.6 Å². The summed E-state index contributed by atoms with van der Waals surface area (Å²) < 4.78 is 22.0. The fourth-order valence-corrected chi connectivity index (χ4v) is 3.98. The van der Waals surface area contributed by atoms with Crippen LogP contribution in [-0.2, 0) is 11.2 Å². The second-order valence-corrected chi connectivity index (χ2v) is 15.3. The lowest BCUT2D eigenvalue weighted by Crippen LogP contribution is -2.22. The normalized spacial score (nSPS) is 11.4. The van der Waals surface area contributed by atoms with Crippen LogP contribution in [0, 0.1) is 0 Å². The highest BCUT2D eigenvalue weighted by Gasteiger charge is 2.22. The van der Waals surface area contributed by atoms with Crippen molar-refractivity contribution < 1.29 is 28.8 Å². The molecule has 0 aromatic heterocycles. The maximum Gasteiger partial charge on any atom is 0.193 e. The van der Waals surface area contributed by atoms with E-state index in [1.54, 1.807) is 12.1 Å². The largest absolute Gasteiger partial charge is 0.507 e. The van der Waals surface area contributed by atoms with Crippen LogP contribution in [0.5, 0.6) is 23.0 Å². The summed E-state index contributed by atoms with van der Waals surface area (Å²) in [5, 5.41) is 10.9. The average molecular weight is 499 g/mol. The van der Waals surface area contributed by atoms with Gasteiger partial charge < -0.3 is 24.1 Å². The molecule has 0 heterocycles. The lowest BCUT2D eigenvalue weighted by atomic mass is 9.99. The minimum Gasteiger partial charge on any atom is -0.507 e. The third-order valence-corrected chi connectivity index (χ3v) is 7.05. The van der Waals surface area contributed by atoms with E-state index >= 15 is 0 Å². The van der Waals surface area contributed by atoms with Gasteiger partial charge in [-0.3, -0.25) is 4.79 Å². The number of carbonyl (C=O) groups is 1. The molecule has 1 N–H and O–H groups in total. The first kappa shape index (κ1) is 28.2. The van der Waals surface area contributed by atoms with Gasteiger partial charge in [-0.2, -0.15) is 0 Å². The van der Waals surface area contributed by atoms with Gasteiger partial charge in [0.15, 0.2) is 12.6 Å². The molecule has 0 aliphatic rings. The molecule has 0 amide bonds. The topological polar surface area (TPSA) is 74.2 Å². The van der Waals surface area contributed by atoms with Gasteiger partial charge in [0.25, 0.3) is 0 Å². The molecule has 7 heteroatoms. The van der Waals surface area contributed by atoms with Crippen LogP contribution in [0.15, 0.2) is 48.1 Å². The van der Waals surface area contributed by atoms with Crippen LogP contribution in [0.4, 0.5) is 0 Å². The van der Waals surface area contributed by atoms with E-state index in [0.29, 0.717) is 30.1 Å². The second-order valence-electron chi connectivity index (χ2n) is 9.72. The Hall–Kier alpha value is -3.03. The molecule has 35 heavy (non-hydrogen) atoms. The molecule has 190 valence electrons. The Morgan fingerprint density at radius 1 is 1.03 bits per heavy atom. The van der Waals surface area contributed by atoms with Crippen molar-refractivity contribution in [3.8, 4) is 23.0 Å². The molecule has 0 spiro atoms. The van der Waals surface area contributed by atoms with Gasteiger partial charge in [-0.15, -0.1) is 0 Å². The summed E-state index contributed by atoms with van der Waals surface area (Å²) in [6.07, 6.45) is 5.52. The Kier molecular flexibility index (Phi) is 10.6. The number of benzene rings is 2. The van der Waals surface area contributed by atoms with E-state index in [9.17, 15) is 9.90 Å². The van der Waals surface area contributed by atoms with Crippen LogP contribution >= 0.6 is 0 Å². The zero-order valence-electron chi connectivity index (χ0n) is 21.9. The molecular weight excluding hydrogens is 460 g/mol. The molecule has 0 aliphatic heterocycles. The van der Waals surface area contributed by atoms with Crippen molar-refractivity contribution in [1.29, 1.82) is 0 Å². The molecule has 0 radical (unpaired) electrons. The Labute approximate surface area is 210 Å². The van der Waals surface area contributed by atoms with Crippen LogP contribution in [0.25, 0.3) is 6.08 Å². The monoisotopic (exact) mass is 498 g/mol. The summed E-state index contributed by atoms with van der Waals surface area (Å²) in [7, 11) is 1.87. The minimum atomic E-state index is -1.11. The van der Waals surface area contributed by atoms with E-state index in [-0.39, 0.29) is 29.6 Å². The number of rotatable bonds is 13. The van der Waals surface area contributed by atoms with E-state index < -0.39 is 8.07 Å². The predicted molar refractivity (Wildman–Crippen MR) is 144 cm³/mol. The number of aromatic hydroxyl groups is 1. The zero-order valence-corrected chi connectivity index (χ0v) is 22.9. The van der Waals surface area contributed by atoms with Gasteiger partial charge in [-0.1, -0.05) is 49.5 Å². The first-order chi connectivity index (χ1) is 16.6. The minimum absolute atomic E-state index is 0.108. The van der Waals surface area contributed by atoms with E-state index in [2.05, 4.69) is 19.6 Å². The number of hydrogen-bond acceptors (Lipinski definition) is 6. The number of allylic oxidation sites excluding steroid dienone is 3. The van der Waals surface area contributed by atoms with Crippen LogP contribution in [0.1, 0.15) is 35.3 Å².